The van der Waals surface area contributed by atoms with Gasteiger partial charge in [-0.15, -0.1) is 11.8 Å². The summed E-state index contributed by atoms with van der Waals surface area (Å²) in [6, 6.07) is 14.7. The summed E-state index contributed by atoms with van der Waals surface area (Å²) in [5, 5.41) is 2.91. The third kappa shape index (κ3) is 3.88. The van der Waals surface area contributed by atoms with E-state index in [9.17, 15) is 9.59 Å². The zero-order valence-electron chi connectivity index (χ0n) is 17.3. The lowest BCUT2D eigenvalue weighted by Crippen LogP contribution is -2.35. The fourth-order valence-corrected chi connectivity index (χ4v) is 4.70. The molecule has 6 heteroatoms. The van der Waals surface area contributed by atoms with Crippen molar-refractivity contribution in [3.8, 4) is 16.9 Å². The van der Waals surface area contributed by atoms with Gasteiger partial charge in [-0.1, -0.05) is 18.2 Å². The highest BCUT2D eigenvalue weighted by Gasteiger charge is 2.29. The topological polar surface area (TPSA) is 68.5 Å². The molecule has 1 unspecified atom stereocenters. The van der Waals surface area contributed by atoms with Crippen molar-refractivity contribution in [3.05, 3.63) is 71.2 Å². The quantitative estimate of drug-likeness (QED) is 0.579. The van der Waals surface area contributed by atoms with Gasteiger partial charge in [-0.25, -0.2) is 0 Å². The monoisotopic (exact) mass is 433 g/mol. The van der Waals surface area contributed by atoms with Crippen molar-refractivity contribution in [1.29, 1.82) is 0 Å². The van der Waals surface area contributed by atoms with Crippen LogP contribution in [0.1, 0.15) is 44.9 Å². The predicted octanol–water partition coefficient (Wildman–Crippen LogP) is 4.92. The van der Waals surface area contributed by atoms with Crippen LogP contribution in [0, 0.1) is 0 Å². The molecule has 158 valence electrons. The summed E-state index contributed by atoms with van der Waals surface area (Å²) in [5.41, 5.74) is 4.26. The second-order valence-corrected chi connectivity index (χ2v) is 8.81. The van der Waals surface area contributed by atoms with Crippen molar-refractivity contribution >= 4 is 23.5 Å². The first-order valence-electron chi connectivity index (χ1n) is 10.5. The molecule has 0 saturated carbocycles. The number of furan rings is 1. The molecule has 1 aliphatic heterocycles. The van der Waals surface area contributed by atoms with Crippen molar-refractivity contribution in [3.63, 3.8) is 0 Å². The summed E-state index contributed by atoms with van der Waals surface area (Å²) < 4.78 is 11.5. The van der Waals surface area contributed by atoms with Gasteiger partial charge < -0.3 is 14.5 Å². The molecular formula is C25H23NO4S. The van der Waals surface area contributed by atoms with Gasteiger partial charge in [-0.3, -0.25) is 9.59 Å². The van der Waals surface area contributed by atoms with Crippen LogP contribution in [0.3, 0.4) is 0 Å². The molecule has 5 nitrogen and oxygen atoms in total. The molecule has 1 aromatic heterocycles. The minimum Gasteiger partial charge on any atom is -0.488 e. The number of hydrogen-bond donors (Lipinski definition) is 1. The van der Waals surface area contributed by atoms with Gasteiger partial charge in [0.2, 0.25) is 0 Å². The fourth-order valence-electron chi connectivity index (χ4n) is 4.29. The van der Waals surface area contributed by atoms with Crippen molar-refractivity contribution in [2.45, 2.75) is 36.7 Å². The summed E-state index contributed by atoms with van der Waals surface area (Å²) in [5.74, 6) is 1.20. The molecule has 2 aromatic carbocycles. The van der Waals surface area contributed by atoms with E-state index in [-0.39, 0.29) is 17.8 Å². The van der Waals surface area contributed by atoms with Crippen LogP contribution in [0.15, 0.2) is 58.0 Å². The fraction of sp³-hybridized carbons (Fsp3) is 0.280. The third-order valence-electron chi connectivity index (χ3n) is 5.91. The molecule has 0 fully saturated rings. The Morgan fingerprint density at radius 2 is 1.94 bits per heavy atom. The van der Waals surface area contributed by atoms with Crippen LogP contribution in [0.4, 0.5) is 0 Å². The largest absolute Gasteiger partial charge is 0.488 e. The highest BCUT2D eigenvalue weighted by Crippen LogP contribution is 2.33. The molecule has 0 bridgehead atoms. The van der Waals surface area contributed by atoms with Crippen LogP contribution in [0.2, 0.25) is 0 Å². The Bertz CT molecular complexity index is 1150. The maximum absolute atomic E-state index is 12.7. The zero-order valence-corrected chi connectivity index (χ0v) is 18.1. The van der Waals surface area contributed by atoms with Gasteiger partial charge in [0, 0.05) is 24.2 Å². The Morgan fingerprint density at radius 1 is 1.13 bits per heavy atom. The standard InChI is InChI=1S/C25H23NO4S/c1-31-19-8-5-15(6-9-19)16-7-10-22-17(11-16)12-18(30-22)13-26-25(28)20-14-29-23-4-2-3-21(27)24(20)23/h5-11,14,18H,2-4,12-13H2,1H3,(H,26,28). The lowest BCUT2D eigenvalue weighted by atomic mass is 9.94. The first-order valence-corrected chi connectivity index (χ1v) is 11.7. The normalized spacial score (nSPS) is 17.1. The number of ether oxygens (including phenoxy) is 1. The summed E-state index contributed by atoms with van der Waals surface area (Å²) in [7, 11) is 0. The average molecular weight is 434 g/mol. The third-order valence-corrected chi connectivity index (χ3v) is 6.66. The summed E-state index contributed by atoms with van der Waals surface area (Å²) in [6.07, 6.45) is 6.02. The van der Waals surface area contributed by atoms with Crippen molar-refractivity contribution < 1.29 is 18.7 Å². The minimum absolute atomic E-state index is 0.0113. The van der Waals surface area contributed by atoms with Gasteiger partial charge in [0.05, 0.1) is 17.7 Å². The van der Waals surface area contributed by atoms with E-state index in [4.69, 9.17) is 9.15 Å². The molecule has 1 N–H and O–H groups in total. The van der Waals surface area contributed by atoms with E-state index < -0.39 is 0 Å². The number of ketones is 1. The van der Waals surface area contributed by atoms with Gasteiger partial charge in [-0.05, 0) is 53.6 Å². The van der Waals surface area contributed by atoms with Gasteiger partial charge in [0.1, 0.15) is 23.9 Å². The number of benzene rings is 2. The van der Waals surface area contributed by atoms with Gasteiger partial charge in [-0.2, -0.15) is 0 Å². The van der Waals surface area contributed by atoms with Crippen LogP contribution >= 0.6 is 11.8 Å². The number of fused-ring (bicyclic) bond motifs is 2. The number of carbonyl (C=O) groups is 2. The molecular weight excluding hydrogens is 410 g/mol. The van der Waals surface area contributed by atoms with E-state index in [0.717, 1.165) is 29.7 Å². The molecule has 31 heavy (non-hydrogen) atoms. The van der Waals surface area contributed by atoms with Gasteiger partial charge >= 0.3 is 0 Å². The summed E-state index contributed by atoms with van der Waals surface area (Å²) in [4.78, 5) is 26.1. The number of aryl methyl sites for hydroxylation is 1. The van der Waals surface area contributed by atoms with Crippen LogP contribution in [0.5, 0.6) is 5.75 Å². The number of amides is 1. The molecule has 1 aliphatic carbocycles. The van der Waals surface area contributed by atoms with E-state index in [2.05, 4.69) is 48.0 Å². The van der Waals surface area contributed by atoms with E-state index >= 15 is 0 Å². The summed E-state index contributed by atoms with van der Waals surface area (Å²) in [6.45, 7) is 0.374. The van der Waals surface area contributed by atoms with Gasteiger partial charge in [0.25, 0.3) is 5.91 Å². The van der Waals surface area contributed by atoms with Crippen molar-refractivity contribution in [2.24, 2.45) is 0 Å². The van der Waals surface area contributed by atoms with Crippen LogP contribution in [0.25, 0.3) is 11.1 Å². The Kier molecular flexibility index (Phi) is 5.32. The Hall–Kier alpha value is -2.99. The number of rotatable bonds is 5. The van der Waals surface area contributed by atoms with Crippen molar-refractivity contribution in [2.75, 3.05) is 12.8 Å². The number of Topliss-reactive ketones (excluding diaryl/α,β-unsaturated/α-hetero) is 1. The maximum Gasteiger partial charge on any atom is 0.255 e. The number of carbonyl (C=O) groups excluding carboxylic acids is 2. The molecule has 2 heterocycles. The second-order valence-electron chi connectivity index (χ2n) is 7.93. The maximum atomic E-state index is 12.7. The summed E-state index contributed by atoms with van der Waals surface area (Å²) >= 11 is 1.73. The molecule has 3 aromatic rings. The SMILES string of the molecule is CSc1ccc(-c2ccc3c(c2)CC(CNC(=O)c2coc4c2C(=O)CCC4)O3)cc1. The molecule has 0 radical (unpaired) electrons. The molecule has 1 atom stereocenters. The molecule has 0 spiro atoms. The zero-order chi connectivity index (χ0) is 21.4. The number of nitrogens with one attached hydrogen (secondary N) is 1. The number of thioether (sulfide) groups is 1. The Labute approximate surface area is 185 Å². The predicted molar refractivity (Wildman–Crippen MR) is 120 cm³/mol. The lowest BCUT2D eigenvalue weighted by Gasteiger charge is -2.13. The lowest BCUT2D eigenvalue weighted by molar-refractivity contribution is 0.0914. The van der Waals surface area contributed by atoms with Crippen molar-refractivity contribution in [1.82, 2.24) is 5.32 Å². The van der Waals surface area contributed by atoms with Gasteiger partial charge in [0.15, 0.2) is 5.78 Å². The second kappa shape index (κ2) is 8.27. The smallest absolute Gasteiger partial charge is 0.255 e. The first kappa shape index (κ1) is 19.9. The molecule has 0 saturated heterocycles. The van der Waals surface area contributed by atoms with Crippen LogP contribution < -0.4 is 10.1 Å². The van der Waals surface area contributed by atoms with E-state index in [1.807, 2.05) is 6.07 Å². The molecule has 2 aliphatic rings. The van der Waals surface area contributed by atoms with E-state index in [0.29, 0.717) is 36.3 Å². The Balaban J connectivity index is 1.24. The highest BCUT2D eigenvalue weighted by molar-refractivity contribution is 7.98. The number of hydrogen-bond acceptors (Lipinski definition) is 5. The Morgan fingerprint density at radius 3 is 2.74 bits per heavy atom. The average Bonchev–Trinajstić information content (AvgIpc) is 3.42. The highest BCUT2D eigenvalue weighted by atomic mass is 32.2. The van der Waals surface area contributed by atoms with E-state index in [1.165, 1.54) is 16.7 Å². The van der Waals surface area contributed by atoms with E-state index in [1.54, 1.807) is 11.8 Å². The molecule has 1 amide bonds. The van der Waals surface area contributed by atoms with Crippen LogP contribution in [-0.4, -0.2) is 30.6 Å². The first-order chi connectivity index (χ1) is 15.1. The van der Waals surface area contributed by atoms with Crippen LogP contribution in [-0.2, 0) is 12.8 Å². The minimum atomic E-state index is -0.283. The molecule has 5 rings (SSSR count).